The first-order chi connectivity index (χ1) is 13.3. The molecule has 0 fully saturated rings. The molecule has 0 aliphatic heterocycles. The average Bonchev–Trinajstić information content (AvgIpc) is 3.07. The van der Waals surface area contributed by atoms with Gasteiger partial charge in [0.05, 0.1) is 5.69 Å². The summed E-state index contributed by atoms with van der Waals surface area (Å²) in [6.45, 7) is 2.11. The lowest BCUT2D eigenvalue weighted by Crippen LogP contribution is -2.30. The van der Waals surface area contributed by atoms with Gasteiger partial charge in [0.2, 0.25) is 11.5 Å². The van der Waals surface area contributed by atoms with E-state index in [1.54, 1.807) is 0 Å². The van der Waals surface area contributed by atoms with Crippen molar-refractivity contribution < 1.29 is 4.40 Å². The zero-order valence-corrected chi connectivity index (χ0v) is 15.3. The quantitative estimate of drug-likeness (QED) is 0.513. The molecule has 1 aliphatic rings. The number of rotatable bonds is 2. The van der Waals surface area contributed by atoms with Crippen molar-refractivity contribution in [1.82, 2.24) is 4.98 Å². The molecule has 1 aliphatic carbocycles. The standard InChI is InChI=1S/C23H20N4/c1-15-7-6-8-16(13-15)25-22-18-10-3-2-9-17(18)19(14-24)23-26-20-11-4-5-12-21(20)27(22)23/h4-8,11-13H,2-3,9-10H2,1H3,(H,25,26)/p+1. The molecule has 0 radical (unpaired) electrons. The van der Waals surface area contributed by atoms with E-state index in [2.05, 4.69) is 64.1 Å². The van der Waals surface area contributed by atoms with Gasteiger partial charge in [-0.1, -0.05) is 24.3 Å². The van der Waals surface area contributed by atoms with Gasteiger partial charge in [-0.3, -0.25) is 10.3 Å². The summed E-state index contributed by atoms with van der Waals surface area (Å²) in [5.74, 6) is 1.08. The fraction of sp³-hybridized carbons (Fsp3) is 0.217. The Hall–Kier alpha value is -3.32. The van der Waals surface area contributed by atoms with E-state index >= 15 is 0 Å². The Morgan fingerprint density at radius 3 is 2.67 bits per heavy atom. The largest absolute Gasteiger partial charge is 0.273 e. The second-order valence-electron chi connectivity index (χ2n) is 7.32. The second kappa shape index (κ2) is 6.14. The van der Waals surface area contributed by atoms with Gasteiger partial charge in [0.15, 0.2) is 0 Å². The summed E-state index contributed by atoms with van der Waals surface area (Å²) in [5.41, 5.74) is 8.59. The lowest BCUT2D eigenvalue weighted by atomic mass is 9.89. The molecular weight excluding hydrogens is 332 g/mol. The first kappa shape index (κ1) is 15.9. The fourth-order valence-corrected chi connectivity index (χ4v) is 4.32. The summed E-state index contributed by atoms with van der Waals surface area (Å²) in [6.07, 6.45) is 4.27. The van der Waals surface area contributed by atoms with Crippen LogP contribution < -0.4 is 9.72 Å². The predicted molar refractivity (Wildman–Crippen MR) is 107 cm³/mol. The van der Waals surface area contributed by atoms with Crippen LogP contribution in [0.3, 0.4) is 0 Å². The third-order valence-electron chi connectivity index (χ3n) is 5.53. The van der Waals surface area contributed by atoms with Crippen LogP contribution >= 0.6 is 0 Å². The highest BCUT2D eigenvalue weighted by molar-refractivity contribution is 5.79. The minimum atomic E-state index is 0.788. The molecule has 2 aromatic heterocycles. The maximum absolute atomic E-state index is 9.93. The van der Waals surface area contributed by atoms with Gasteiger partial charge < -0.3 is 0 Å². The summed E-state index contributed by atoms with van der Waals surface area (Å²) in [5, 5.41) is 13.6. The van der Waals surface area contributed by atoms with Gasteiger partial charge in [0.1, 0.15) is 22.7 Å². The maximum atomic E-state index is 9.93. The van der Waals surface area contributed by atoms with E-state index in [-0.39, 0.29) is 0 Å². The van der Waals surface area contributed by atoms with Crippen molar-refractivity contribution in [2.75, 3.05) is 5.32 Å². The smallest absolute Gasteiger partial charge is 0.250 e. The molecule has 4 nitrogen and oxygen atoms in total. The minimum Gasteiger partial charge on any atom is -0.273 e. The van der Waals surface area contributed by atoms with Crippen molar-refractivity contribution in [2.45, 2.75) is 32.6 Å². The highest BCUT2D eigenvalue weighted by Crippen LogP contribution is 2.33. The van der Waals surface area contributed by atoms with Crippen LogP contribution in [0.25, 0.3) is 16.7 Å². The topological polar surface area (TPSA) is 55.7 Å². The monoisotopic (exact) mass is 353 g/mol. The lowest BCUT2D eigenvalue weighted by Gasteiger charge is -2.19. The van der Waals surface area contributed by atoms with E-state index in [4.69, 9.17) is 0 Å². The molecule has 0 amide bonds. The minimum absolute atomic E-state index is 0.788. The molecule has 5 rings (SSSR count). The predicted octanol–water partition coefficient (Wildman–Crippen LogP) is 4.71. The Morgan fingerprint density at radius 2 is 1.85 bits per heavy atom. The highest BCUT2D eigenvalue weighted by Gasteiger charge is 2.28. The number of benzene rings is 2. The van der Waals surface area contributed by atoms with E-state index in [0.717, 1.165) is 59.4 Å². The van der Waals surface area contributed by atoms with Crippen LogP contribution in [-0.4, -0.2) is 4.98 Å². The van der Waals surface area contributed by atoms with Crippen LogP contribution in [0.5, 0.6) is 0 Å². The summed E-state index contributed by atoms with van der Waals surface area (Å²) in [4.78, 5) is 3.49. The third kappa shape index (κ3) is 2.47. The van der Waals surface area contributed by atoms with Gasteiger partial charge >= 0.3 is 0 Å². The van der Waals surface area contributed by atoms with Crippen LogP contribution in [0.1, 0.15) is 35.1 Å². The molecule has 0 unspecified atom stereocenters. The number of aryl methyl sites for hydroxylation is 1. The first-order valence-corrected chi connectivity index (χ1v) is 9.50. The Bertz CT molecular complexity index is 1230. The van der Waals surface area contributed by atoms with E-state index < -0.39 is 0 Å². The molecule has 0 spiro atoms. The SMILES string of the molecule is Cc1cccc(Nc2c3c(c(C#N)c4[nH]c5ccccc5[n+]24)CCCC3)c1. The molecule has 4 aromatic rings. The number of para-hydroxylation sites is 2. The van der Waals surface area contributed by atoms with E-state index in [0.29, 0.717) is 0 Å². The summed E-state index contributed by atoms with van der Waals surface area (Å²) in [6, 6.07) is 19.2. The molecule has 2 aromatic carbocycles. The lowest BCUT2D eigenvalue weighted by molar-refractivity contribution is -0.465. The summed E-state index contributed by atoms with van der Waals surface area (Å²) >= 11 is 0. The van der Waals surface area contributed by atoms with E-state index in [9.17, 15) is 5.26 Å². The van der Waals surface area contributed by atoms with Crippen LogP contribution in [0.15, 0.2) is 48.5 Å². The Morgan fingerprint density at radius 1 is 1.04 bits per heavy atom. The number of anilines is 2. The van der Waals surface area contributed by atoms with Crippen molar-refractivity contribution in [1.29, 1.82) is 5.26 Å². The zero-order valence-electron chi connectivity index (χ0n) is 15.3. The van der Waals surface area contributed by atoms with Crippen LogP contribution in [0, 0.1) is 18.3 Å². The van der Waals surface area contributed by atoms with Crippen molar-refractivity contribution in [3.05, 3.63) is 70.8 Å². The molecule has 0 atom stereocenters. The van der Waals surface area contributed by atoms with Gasteiger partial charge in [-0.05, 0) is 68.0 Å². The number of aromatic amines is 1. The Balaban J connectivity index is 1.88. The Kier molecular flexibility index (Phi) is 3.61. The van der Waals surface area contributed by atoms with Crippen molar-refractivity contribution in [2.24, 2.45) is 0 Å². The van der Waals surface area contributed by atoms with Crippen molar-refractivity contribution in [3.63, 3.8) is 0 Å². The van der Waals surface area contributed by atoms with Gasteiger partial charge in [-0.15, -0.1) is 0 Å². The molecule has 2 heterocycles. The number of hydrogen-bond donors (Lipinski definition) is 2. The van der Waals surface area contributed by atoms with Crippen LogP contribution in [0.2, 0.25) is 0 Å². The average molecular weight is 353 g/mol. The molecule has 0 bridgehead atoms. The fourth-order valence-electron chi connectivity index (χ4n) is 4.32. The number of nitriles is 1. The third-order valence-corrected chi connectivity index (χ3v) is 5.53. The number of pyridine rings is 1. The van der Waals surface area contributed by atoms with Gasteiger partial charge in [-0.2, -0.15) is 9.66 Å². The molecule has 0 saturated carbocycles. The normalized spacial score (nSPS) is 13.5. The summed E-state index contributed by atoms with van der Waals surface area (Å²) < 4.78 is 2.19. The zero-order chi connectivity index (χ0) is 18.4. The summed E-state index contributed by atoms with van der Waals surface area (Å²) in [7, 11) is 0. The number of fused-ring (bicyclic) bond motifs is 4. The second-order valence-corrected chi connectivity index (χ2v) is 7.32. The number of nitrogens with zero attached hydrogens (tertiary/aromatic N) is 2. The van der Waals surface area contributed by atoms with E-state index in [1.807, 2.05) is 12.1 Å². The maximum Gasteiger partial charge on any atom is 0.250 e. The van der Waals surface area contributed by atoms with Gasteiger partial charge in [0.25, 0.3) is 0 Å². The molecule has 0 saturated heterocycles. The Labute approximate surface area is 158 Å². The van der Waals surface area contributed by atoms with Crippen LogP contribution in [-0.2, 0) is 12.8 Å². The molecule has 4 heteroatoms. The number of hydrogen-bond acceptors (Lipinski definition) is 2. The van der Waals surface area contributed by atoms with Gasteiger partial charge in [-0.25, -0.2) is 0 Å². The number of nitrogens with one attached hydrogen (secondary N) is 2. The molecule has 27 heavy (non-hydrogen) atoms. The molecule has 132 valence electrons. The van der Waals surface area contributed by atoms with E-state index in [1.165, 1.54) is 16.7 Å². The number of imidazole rings is 1. The van der Waals surface area contributed by atoms with Crippen molar-refractivity contribution >= 4 is 28.2 Å². The number of H-pyrrole nitrogens is 1. The molecule has 2 N–H and O–H groups in total. The van der Waals surface area contributed by atoms with Crippen LogP contribution in [0.4, 0.5) is 11.5 Å². The number of aromatic nitrogens is 2. The highest BCUT2D eigenvalue weighted by atomic mass is 15.1. The van der Waals surface area contributed by atoms with Crippen molar-refractivity contribution in [3.8, 4) is 6.07 Å². The molecular formula is C23H21N4+. The first-order valence-electron chi connectivity index (χ1n) is 9.50. The van der Waals surface area contributed by atoms with Gasteiger partial charge in [0, 0.05) is 5.56 Å².